The molecule has 0 radical (unpaired) electrons. The zero-order valence-electron chi connectivity index (χ0n) is 6.87. The van der Waals surface area contributed by atoms with Crippen LogP contribution in [0.3, 0.4) is 0 Å². The molecule has 0 spiro atoms. The topological polar surface area (TPSA) is 59.1 Å². The Hall–Kier alpha value is -0.160. The lowest BCUT2D eigenvalue weighted by Gasteiger charge is -2.11. The van der Waals surface area contributed by atoms with Gasteiger partial charge in [-0.2, -0.15) is 0 Å². The van der Waals surface area contributed by atoms with Crippen molar-refractivity contribution in [1.82, 2.24) is 4.98 Å². The van der Waals surface area contributed by atoms with Crippen LogP contribution in [0.5, 0.6) is 0 Å². The Labute approximate surface area is 90.1 Å². The molecule has 0 amide bonds. The number of hydrogen-bond acceptors (Lipinski definition) is 3. The summed E-state index contributed by atoms with van der Waals surface area (Å²) in [6.07, 6.45) is 1.50. The Bertz CT molecular complexity index is 295. The van der Waals surface area contributed by atoms with Crippen molar-refractivity contribution in [1.29, 1.82) is 0 Å². The SMILES string of the molecule is NCCC(O)c1cc(Cl)ncc1Br. The number of pyridine rings is 1. The molecular weight excluding hydrogens is 255 g/mol. The molecule has 1 rings (SSSR count). The smallest absolute Gasteiger partial charge is 0.129 e. The predicted molar refractivity (Wildman–Crippen MR) is 55.6 cm³/mol. The normalized spacial score (nSPS) is 12.9. The van der Waals surface area contributed by atoms with E-state index in [2.05, 4.69) is 20.9 Å². The second-order valence-corrected chi connectivity index (χ2v) is 3.86. The summed E-state index contributed by atoms with van der Waals surface area (Å²) >= 11 is 8.97. The minimum atomic E-state index is -0.583. The van der Waals surface area contributed by atoms with Crippen LogP contribution in [0.25, 0.3) is 0 Å². The van der Waals surface area contributed by atoms with Crippen LogP contribution in [-0.4, -0.2) is 16.6 Å². The lowest BCUT2D eigenvalue weighted by molar-refractivity contribution is 0.169. The van der Waals surface area contributed by atoms with Gasteiger partial charge in [0.25, 0.3) is 0 Å². The molecule has 5 heteroatoms. The highest BCUT2D eigenvalue weighted by Gasteiger charge is 2.11. The summed E-state index contributed by atoms with van der Waals surface area (Å²) in [4.78, 5) is 3.86. The second-order valence-electron chi connectivity index (χ2n) is 2.62. The lowest BCUT2D eigenvalue weighted by atomic mass is 10.1. The van der Waals surface area contributed by atoms with Crippen LogP contribution in [0.4, 0.5) is 0 Å². The highest BCUT2D eigenvalue weighted by molar-refractivity contribution is 9.10. The van der Waals surface area contributed by atoms with Crippen LogP contribution in [0.1, 0.15) is 18.1 Å². The van der Waals surface area contributed by atoms with Crippen LogP contribution < -0.4 is 5.73 Å². The van der Waals surface area contributed by atoms with Crippen LogP contribution >= 0.6 is 27.5 Å². The molecule has 1 aromatic heterocycles. The van der Waals surface area contributed by atoms with Crippen LogP contribution in [0.2, 0.25) is 5.15 Å². The minimum Gasteiger partial charge on any atom is -0.388 e. The number of halogens is 2. The molecule has 0 bridgehead atoms. The van der Waals surface area contributed by atoms with Crippen molar-refractivity contribution in [3.8, 4) is 0 Å². The first kappa shape index (κ1) is 10.9. The summed E-state index contributed by atoms with van der Waals surface area (Å²) < 4.78 is 0.748. The van der Waals surface area contributed by atoms with Crippen molar-refractivity contribution in [3.05, 3.63) is 27.5 Å². The van der Waals surface area contributed by atoms with E-state index in [1.165, 1.54) is 0 Å². The predicted octanol–water partition coefficient (Wildman–Crippen LogP) is 1.88. The fraction of sp³-hybridized carbons (Fsp3) is 0.375. The van der Waals surface area contributed by atoms with Crippen molar-refractivity contribution < 1.29 is 5.11 Å². The second kappa shape index (κ2) is 4.91. The molecule has 0 saturated heterocycles. The zero-order valence-corrected chi connectivity index (χ0v) is 9.22. The highest BCUT2D eigenvalue weighted by Crippen LogP contribution is 2.26. The Morgan fingerprint density at radius 3 is 3.00 bits per heavy atom. The maximum atomic E-state index is 9.63. The third-order valence-electron chi connectivity index (χ3n) is 1.65. The molecule has 3 nitrogen and oxygen atoms in total. The molecule has 1 unspecified atom stereocenters. The van der Waals surface area contributed by atoms with Gasteiger partial charge in [-0.05, 0) is 40.5 Å². The van der Waals surface area contributed by atoms with Crippen molar-refractivity contribution in [2.45, 2.75) is 12.5 Å². The van der Waals surface area contributed by atoms with Gasteiger partial charge in [0.1, 0.15) is 5.15 Å². The molecule has 0 fully saturated rings. The Morgan fingerprint density at radius 1 is 1.69 bits per heavy atom. The van der Waals surface area contributed by atoms with E-state index in [0.717, 1.165) is 10.0 Å². The van der Waals surface area contributed by atoms with Crippen molar-refractivity contribution >= 4 is 27.5 Å². The number of aliphatic hydroxyl groups excluding tert-OH is 1. The fourth-order valence-corrected chi connectivity index (χ4v) is 1.64. The van der Waals surface area contributed by atoms with Crippen molar-refractivity contribution in [2.75, 3.05) is 6.54 Å². The van der Waals surface area contributed by atoms with E-state index in [9.17, 15) is 5.11 Å². The van der Waals surface area contributed by atoms with Crippen LogP contribution in [0.15, 0.2) is 16.7 Å². The third kappa shape index (κ3) is 2.91. The summed E-state index contributed by atoms with van der Waals surface area (Å²) in [7, 11) is 0. The lowest BCUT2D eigenvalue weighted by Crippen LogP contribution is -2.07. The van der Waals surface area contributed by atoms with Gasteiger partial charge in [0.2, 0.25) is 0 Å². The molecule has 0 aliphatic heterocycles. The Morgan fingerprint density at radius 2 is 2.38 bits per heavy atom. The maximum Gasteiger partial charge on any atom is 0.129 e. The van der Waals surface area contributed by atoms with E-state index in [0.29, 0.717) is 18.1 Å². The van der Waals surface area contributed by atoms with Gasteiger partial charge in [0.15, 0.2) is 0 Å². The largest absolute Gasteiger partial charge is 0.388 e. The highest BCUT2D eigenvalue weighted by atomic mass is 79.9. The van der Waals surface area contributed by atoms with Gasteiger partial charge < -0.3 is 10.8 Å². The monoisotopic (exact) mass is 264 g/mol. The van der Waals surface area contributed by atoms with Crippen LogP contribution in [0, 0.1) is 0 Å². The van der Waals surface area contributed by atoms with Gasteiger partial charge in [-0.1, -0.05) is 11.6 Å². The van der Waals surface area contributed by atoms with Crippen LogP contribution in [-0.2, 0) is 0 Å². The third-order valence-corrected chi connectivity index (χ3v) is 2.52. The van der Waals surface area contributed by atoms with E-state index in [1.807, 2.05) is 0 Å². The Kier molecular flexibility index (Phi) is 4.12. The molecule has 1 aromatic rings. The Balaban J connectivity index is 2.91. The van der Waals surface area contributed by atoms with E-state index in [1.54, 1.807) is 12.3 Å². The summed E-state index contributed by atoms with van der Waals surface area (Å²) in [6, 6.07) is 1.63. The maximum absolute atomic E-state index is 9.63. The first-order valence-electron chi connectivity index (χ1n) is 3.84. The van der Waals surface area contributed by atoms with Gasteiger partial charge in [-0.3, -0.25) is 0 Å². The van der Waals surface area contributed by atoms with Crippen molar-refractivity contribution in [3.63, 3.8) is 0 Å². The molecule has 3 N–H and O–H groups in total. The van der Waals surface area contributed by atoms with E-state index >= 15 is 0 Å². The summed E-state index contributed by atoms with van der Waals surface area (Å²) in [5, 5.41) is 10.00. The number of aliphatic hydroxyl groups is 1. The first-order chi connectivity index (χ1) is 6.15. The molecule has 13 heavy (non-hydrogen) atoms. The van der Waals surface area contributed by atoms with Gasteiger partial charge in [0, 0.05) is 10.7 Å². The number of nitrogens with two attached hydrogens (primary N) is 1. The quantitative estimate of drug-likeness (QED) is 0.821. The number of rotatable bonds is 3. The minimum absolute atomic E-state index is 0.370. The molecule has 1 atom stereocenters. The van der Waals surface area contributed by atoms with E-state index < -0.39 is 6.10 Å². The van der Waals surface area contributed by atoms with Gasteiger partial charge in [-0.15, -0.1) is 0 Å². The average molecular weight is 266 g/mol. The summed E-state index contributed by atoms with van der Waals surface area (Å²) in [5.74, 6) is 0. The first-order valence-corrected chi connectivity index (χ1v) is 5.01. The molecule has 1 heterocycles. The average Bonchev–Trinajstić information content (AvgIpc) is 2.09. The molecular formula is C8H10BrClN2O. The fourth-order valence-electron chi connectivity index (χ4n) is 0.996. The van der Waals surface area contributed by atoms with E-state index in [4.69, 9.17) is 17.3 Å². The number of hydrogen-bond donors (Lipinski definition) is 2. The van der Waals surface area contributed by atoms with Gasteiger partial charge in [-0.25, -0.2) is 4.98 Å². The van der Waals surface area contributed by atoms with Gasteiger partial charge >= 0.3 is 0 Å². The van der Waals surface area contributed by atoms with Gasteiger partial charge in [0.05, 0.1) is 6.10 Å². The zero-order chi connectivity index (χ0) is 9.84. The van der Waals surface area contributed by atoms with Crippen molar-refractivity contribution in [2.24, 2.45) is 5.73 Å². The number of nitrogens with zero attached hydrogens (tertiary/aromatic N) is 1. The standard InChI is InChI=1S/C8H10BrClN2O/c9-6-4-12-8(10)3-5(6)7(13)1-2-11/h3-4,7,13H,1-2,11H2. The molecule has 0 aliphatic carbocycles. The van der Waals surface area contributed by atoms with E-state index in [-0.39, 0.29) is 0 Å². The summed E-state index contributed by atoms with van der Waals surface area (Å²) in [5.41, 5.74) is 6.06. The molecule has 0 aliphatic rings. The molecule has 0 saturated carbocycles. The summed E-state index contributed by atoms with van der Waals surface area (Å²) in [6.45, 7) is 0.438. The molecule has 0 aromatic carbocycles. The molecule has 72 valence electrons. The number of aromatic nitrogens is 1.